The summed E-state index contributed by atoms with van der Waals surface area (Å²) in [6.45, 7) is 0. The van der Waals surface area contributed by atoms with E-state index < -0.39 is 0 Å². The number of amides is 1. The average Bonchev–Trinajstić information content (AvgIpc) is 3.12. The smallest absolute Gasteiger partial charge is 0.228 e. The van der Waals surface area contributed by atoms with Gasteiger partial charge in [-0.05, 0) is 49.2 Å². The molecule has 0 radical (unpaired) electrons. The predicted octanol–water partition coefficient (Wildman–Crippen LogP) is 4.99. The normalized spacial score (nSPS) is 19.4. The van der Waals surface area contributed by atoms with Gasteiger partial charge in [0.15, 0.2) is 0 Å². The number of carbonyl (C=O) groups is 1. The maximum atomic E-state index is 12.9. The molecule has 3 aromatic rings. The fraction of sp³-hybridized carbons (Fsp3) is 0.238. The summed E-state index contributed by atoms with van der Waals surface area (Å²) < 4.78 is 6.34. The minimum Gasteiger partial charge on any atom is -0.497 e. The van der Waals surface area contributed by atoms with Crippen molar-refractivity contribution in [2.45, 2.75) is 18.8 Å². The number of rotatable bonds is 4. The lowest BCUT2D eigenvalue weighted by Crippen LogP contribution is -2.29. The molecule has 1 aliphatic rings. The van der Waals surface area contributed by atoms with Crippen LogP contribution in [0.25, 0.3) is 10.2 Å². The van der Waals surface area contributed by atoms with Crippen molar-refractivity contribution in [3.63, 3.8) is 0 Å². The number of fused-ring (bicyclic) bond motifs is 1. The summed E-state index contributed by atoms with van der Waals surface area (Å²) in [6.07, 6.45) is 5.85. The van der Waals surface area contributed by atoms with Gasteiger partial charge in [-0.25, -0.2) is 4.98 Å². The molecular formula is C21H20N2O2S. The highest BCUT2D eigenvalue weighted by Gasteiger charge is 2.32. The molecule has 4 nitrogen and oxygen atoms in total. The van der Waals surface area contributed by atoms with E-state index in [4.69, 9.17) is 9.72 Å². The fourth-order valence-electron chi connectivity index (χ4n) is 3.33. The first-order chi connectivity index (χ1) is 12.7. The Kier molecular flexibility index (Phi) is 4.71. The molecule has 4 rings (SSSR count). The third-order valence-electron chi connectivity index (χ3n) is 4.75. The highest BCUT2D eigenvalue weighted by Crippen LogP contribution is 2.39. The zero-order valence-electron chi connectivity index (χ0n) is 14.5. The van der Waals surface area contributed by atoms with E-state index in [9.17, 15) is 4.79 Å². The van der Waals surface area contributed by atoms with E-state index in [-0.39, 0.29) is 17.7 Å². The van der Waals surface area contributed by atoms with E-state index in [0.29, 0.717) is 0 Å². The molecule has 2 unspecified atom stereocenters. The van der Waals surface area contributed by atoms with Crippen LogP contribution in [-0.2, 0) is 4.79 Å². The summed E-state index contributed by atoms with van der Waals surface area (Å²) in [7, 11) is 1.63. The fourth-order valence-corrected chi connectivity index (χ4v) is 4.48. The van der Waals surface area contributed by atoms with Gasteiger partial charge in [-0.3, -0.25) is 4.79 Å². The largest absolute Gasteiger partial charge is 0.497 e. The van der Waals surface area contributed by atoms with Crippen LogP contribution in [0.15, 0.2) is 60.7 Å². The standard InChI is InChI=1S/C21H20N2O2S/c1-25-15-12-10-14(11-13-15)22-20(24)16-6-2-3-7-17(16)21-23-18-8-4-5-9-19(18)26-21/h2-5,8-13,16-17H,6-7H2,1H3,(H,22,24). The van der Waals surface area contributed by atoms with Gasteiger partial charge < -0.3 is 10.1 Å². The lowest BCUT2D eigenvalue weighted by molar-refractivity contribution is -0.120. The molecule has 1 aromatic heterocycles. The van der Waals surface area contributed by atoms with Crippen molar-refractivity contribution in [3.8, 4) is 5.75 Å². The quantitative estimate of drug-likeness (QED) is 0.663. The first-order valence-corrected chi connectivity index (χ1v) is 9.51. The molecule has 0 saturated carbocycles. The van der Waals surface area contributed by atoms with Crippen LogP contribution >= 0.6 is 11.3 Å². The van der Waals surface area contributed by atoms with Crippen molar-refractivity contribution < 1.29 is 9.53 Å². The number of nitrogens with one attached hydrogen (secondary N) is 1. The topological polar surface area (TPSA) is 51.2 Å². The van der Waals surface area contributed by atoms with Crippen LogP contribution in [0.3, 0.4) is 0 Å². The SMILES string of the molecule is COc1ccc(NC(=O)C2CC=CCC2c2nc3ccccc3s2)cc1. The molecule has 1 heterocycles. The maximum absolute atomic E-state index is 12.9. The van der Waals surface area contributed by atoms with Gasteiger partial charge in [-0.2, -0.15) is 0 Å². The molecule has 0 fully saturated rings. The van der Waals surface area contributed by atoms with Crippen molar-refractivity contribution in [2.24, 2.45) is 5.92 Å². The Bertz CT molecular complexity index is 913. The Balaban J connectivity index is 1.56. The number of hydrogen-bond donors (Lipinski definition) is 1. The lowest BCUT2D eigenvalue weighted by Gasteiger charge is -2.26. The van der Waals surface area contributed by atoms with Gasteiger partial charge in [0.2, 0.25) is 5.91 Å². The van der Waals surface area contributed by atoms with Crippen LogP contribution in [-0.4, -0.2) is 18.0 Å². The van der Waals surface area contributed by atoms with Crippen LogP contribution in [0.2, 0.25) is 0 Å². The first kappa shape index (κ1) is 16.8. The molecule has 132 valence electrons. The monoisotopic (exact) mass is 364 g/mol. The molecule has 1 aliphatic carbocycles. The van der Waals surface area contributed by atoms with Gasteiger partial charge in [0.25, 0.3) is 0 Å². The predicted molar refractivity (Wildman–Crippen MR) is 106 cm³/mol. The molecule has 0 bridgehead atoms. The van der Waals surface area contributed by atoms with Crippen molar-refractivity contribution in [2.75, 3.05) is 12.4 Å². The number of para-hydroxylation sites is 1. The second-order valence-corrected chi connectivity index (χ2v) is 7.46. The summed E-state index contributed by atoms with van der Waals surface area (Å²) in [5.74, 6) is 0.832. The number of hydrogen-bond acceptors (Lipinski definition) is 4. The summed E-state index contributed by atoms with van der Waals surface area (Å²) in [5.41, 5.74) is 1.80. The van der Waals surface area contributed by atoms with E-state index in [1.807, 2.05) is 42.5 Å². The average molecular weight is 364 g/mol. The number of nitrogens with zero attached hydrogens (tertiary/aromatic N) is 1. The highest BCUT2D eigenvalue weighted by atomic mass is 32.1. The van der Waals surface area contributed by atoms with E-state index in [2.05, 4.69) is 23.5 Å². The number of carbonyl (C=O) groups excluding carboxylic acids is 1. The minimum absolute atomic E-state index is 0.0452. The third-order valence-corrected chi connectivity index (χ3v) is 5.92. The van der Waals surface area contributed by atoms with Gasteiger partial charge in [-0.15, -0.1) is 11.3 Å². The van der Waals surface area contributed by atoms with Crippen molar-refractivity contribution in [1.29, 1.82) is 0 Å². The van der Waals surface area contributed by atoms with Crippen LogP contribution in [0.1, 0.15) is 23.8 Å². The van der Waals surface area contributed by atoms with Crippen LogP contribution in [0.5, 0.6) is 5.75 Å². The molecule has 2 aromatic carbocycles. The van der Waals surface area contributed by atoms with E-state index >= 15 is 0 Å². The number of ether oxygens (including phenoxy) is 1. The Morgan fingerprint density at radius 2 is 1.88 bits per heavy atom. The molecule has 2 atom stereocenters. The molecule has 0 spiro atoms. The van der Waals surface area contributed by atoms with Crippen molar-refractivity contribution in [3.05, 3.63) is 65.7 Å². The van der Waals surface area contributed by atoms with Gasteiger partial charge in [0.05, 0.1) is 28.3 Å². The number of anilines is 1. The maximum Gasteiger partial charge on any atom is 0.228 e. The third kappa shape index (κ3) is 3.35. The van der Waals surface area contributed by atoms with Gasteiger partial charge in [-0.1, -0.05) is 24.3 Å². The van der Waals surface area contributed by atoms with Gasteiger partial charge >= 0.3 is 0 Å². The summed E-state index contributed by atoms with van der Waals surface area (Å²) >= 11 is 1.69. The lowest BCUT2D eigenvalue weighted by atomic mass is 9.82. The van der Waals surface area contributed by atoms with Crippen LogP contribution < -0.4 is 10.1 Å². The molecular weight excluding hydrogens is 344 g/mol. The number of benzene rings is 2. The zero-order valence-corrected chi connectivity index (χ0v) is 15.3. The Morgan fingerprint density at radius 1 is 1.12 bits per heavy atom. The molecule has 0 aliphatic heterocycles. The molecule has 5 heteroatoms. The Hall–Kier alpha value is -2.66. The van der Waals surface area contributed by atoms with E-state index in [1.54, 1.807) is 18.4 Å². The summed E-state index contributed by atoms with van der Waals surface area (Å²) in [4.78, 5) is 17.7. The van der Waals surface area contributed by atoms with Gasteiger partial charge in [0.1, 0.15) is 5.75 Å². The minimum atomic E-state index is -0.109. The second kappa shape index (κ2) is 7.30. The Labute approximate surface area is 156 Å². The molecule has 1 N–H and O–H groups in total. The van der Waals surface area contributed by atoms with Crippen LogP contribution in [0.4, 0.5) is 5.69 Å². The number of thiazole rings is 1. The number of aromatic nitrogens is 1. The summed E-state index contributed by atoms with van der Waals surface area (Å²) in [6, 6.07) is 15.6. The molecule has 1 amide bonds. The molecule has 26 heavy (non-hydrogen) atoms. The number of allylic oxidation sites excluding steroid dienone is 2. The van der Waals surface area contributed by atoms with Crippen molar-refractivity contribution >= 4 is 33.1 Å². The van der Waals surface area contributed by atoms with E-state index in [0.717, 1.165) is 34.8 Å². The molecule has 0 saturated heterocycles. The second-order valence-electron chi connectivity index (χ2n) is 6.39. The highest BCUT2D eigenvalue weighted by molar-refractivity contribution is 7.18. The zero-order chi connectivity index (χ0) is 17.9. The number of methoxy groups -OCH3 is 1. The van der Waals surface area contributed by atoms with Gasteiger partial charge in [0, 0.05) is 11.6 Å². The first-order valence-electron chi connectivity index (χ1n) is 8.70. The Morgan fingerprint density at radius 3 is 2.65 bits per heavy atom. The van der Waals surface area contributed by atoms with E-state index in [1.165, 1.54) is 4.70 Å². The van der Waals surface area contributed by atoms with Crippen molar-refractivity contribution in [1.82, 2.24) is 4.98 Å². The van der Waals surface area contributed by atoms with Crippen LogP contribution in [0, 0.1) is 5.92 Å². The summed E-state index contributed by atoms with van der Waals surface area (Å²) in [5, 5.41) is 4.09.